The summed E-state index contributed by atoms with van der Waals surface area (Å²) in [7, 11) is 0. The Hall–Kier alpha value is -3.31. The van der Waals surface area contributed by atoms with E-state index in [1.807, 2.05) is 66.7 Å². The van der Waals surface area contributed by atoms with Gasteiger partial charge in [0.1, 0.15) is 18.1 Å². The minimum atomic E-state index is -0.835. The van der Waals surface area contributed by atoms with Crippen molar-refractivity contribution in [1.29, 1.82) is 0 Å². The zero-order chi connectivity index (χ0) is 21.5. The highest BCUT2D eigenvalue weighted by Gasteiger charge is 2.25. The first-order valence-electron chi connectivity index (χ1n) is 10.7. The van der Waals surface area contributed by atoms with Gasteiger partial charge in [-0.1, -0.05) is 48.5 Å². The Morgan fingerprint density at radius 2 is 1.74 bits per heavy atom. The number of hydrogen-bond donors (Lipinski definition) is 1. The lowest BCUT2D eigenvalue weighted by Crippen LogP contribution is -2.24. The lowest BCUT2D eigenvalue weighted by molar-refractivity contribution is -0.151. The van der Waals surface area contributed by atoms with Gasteiger partial charge in [-0.2, -0.15) is 0 Å². The summed E-state index contributed by atoms with van der Waals surface area (Å²) >= 11 is 0. The molecule has 1 aliphatic rings. The second-order valence-electron chi connectivity index (χ2n) is 7.45. The molecule has 31 heavy (non-hydrogen) atoms. The van der Waals surface area contributed by atoms with Gasteiger partial charge in [-0.25, -0.2) is 4.79 Å². The number of carbonyl (C=O) groups excluding carboxylic acids is 1. The number of nitrogens with one attached hydrogen (secondary N) is 1. The Morgan fingerprint density at radius 1 is 0.968 bits per heavy atom. The second-order valence-corrected chi connectivity index (χ2v) is 7.45. The number of carbonyl (C=O) groups is 1. The first-order valence-corrected chi connectivity index (χ1v) is 10.7. The third kappa shape index (κ3) is 5.44. The maximum absolute atomic E-state index is 12.6. The summed E-state index contributed by atoms with van der Waals surface area (Å²) in [6.07, 6.45) is 0.166. The molecule has 1 unspecified atom stereocenters. The van der Waals surface area contributed by atoms with E-state index in [-0.39, 0.29) is 0 Å². The highest BCUT2D eigenvalue weighted by atomic mass is 16.6. The summed E-state index contributed by atoms with van der Waals surface area (Å²) < 4.78 is 17.2. The summed E-state index contributed by atoms with van der Waals surface area (Å²) in [5.74, 6) is 0.983. The van der Waals surface area contributed by atoms with Crippen molar-refractivity contribution in [3.8, 4) is 11.5 Å². The van der Waals surface area contributed by atoms with Gasteiger partial charge in [0.25, 0.3) is 0 Å². The summed E-state index contributed by atoms with van der Waals surface area (Å²) in [5.41, 5.74) is 4.34. The molecule has 1 N–H and O–H groups in total. The fraction of sp³-hybridized carbons (Fsp3) is 0.269. The molecular formula is C26H27NO4. The minimum absolute atomic E-state index is 0.297. The molecule has 0 aliphatic carbocycles. The predicted octanol–water partition coefficient (Wildman–Crippen LogP) is 4.59. The van der Waals surface area contributed by atoms with Crippen LogP contribution in [0.15, 0.2) is 72.8 Å². The number of rotatable bonds is 8. The van der Waals surface area contributed by atoms with Crippen molar-refractivity contribution in [3.63, 3.8) is 0 Å². The van der Waals surface area contributed by atoms with Crippen LogP contribution in [-0.2, 0) is 29.1 Å². The van der Waals surface area contributed by atoms with Crippen molar-refractivity contribution in [1.82, 2.24) is 5.32 Å². The molecule has 0 aromatic heterocycles. The molecule has 160 valence electrons. The Kier molecular flexibility index (Phi) is 6.85. The van der Waals surface area contributed by atoms with Crippen molar-refractivity contribution >= 4 is 5.97 Å². The standard InChI is InChI=1S/C26H27NO4/c1-2-29-26(28)25(31-24-13-8-20-14-15-27-17-22(20)16-24)21-9-11-23(12-10-21)30-18-19-6-4-3-5-7-19/h3-13,16,25,27H,2,14-15,17-18H2,1H3. The van der Waals surface area contributed by atoms with Crippen LogP contribution in [0.1, 0.15) is 35.3 Å². The van der Waals surface area contributed by atoms with Crippen LogP contribution in [0.3, 0.4) is 0 Å². The number of esters is 1. The van der Waals surface area contributed by atoms with Gasteiger partial charge in [0.05, 0.1) is 6.61 Å². The first-order chi connectivity index (χ1) is 15.2. The first kappa shape index (κ1) is 20.9. The molecule has 0 bridgehead atoms. The van der Waals surface area contributed by atoms with Gasteiger partial charge in [-0.15, -0.1) is 0 Å². The summed E-state index contributed by atoms with van der Waals surface area (Å²) in [5, 5.41) is 3.37. The molecule has 0 saturated carbocycles. The topological polar surface area (TPSA) is 56.8 Å². The van der Waals surface area contributed by atoms with Gasteiger partial charge in [-0.3, -0.25) is 0 Å². The van der Waals surface area contributed by atoms with Crippen LogP contribution in [0.25, 0.3) is 0 Å². The molecule has 1 heterocycles. The zero-order valence-corrected chi connectivity index (χ0v) is 17.7. The van der Waals surface area contributed by atoms with Crippen LogP contribution < -0.4 is 14.8 Å². The number of benzene rings is 3. The average molecular weight is 418 g/mol. The number of ether oxygens (including phenoxy) is 3. The lowest BCUT2D eigenvalue weighted by atomic mass is 10.0. The highest BCUT2D eigenvalue weighted by Crippen LogP contribution is 2.28. The van der Waals surface area contributed by atoms with Crippen LogP contribution in [0.5, 0.6) is 11.5 Å². The molecule has 0 amide bonds. The molecule has 0 fully saturated rings. The van der Waals surface area contributed by atoms with Gasteiger partial charge < -0.3 is 19.5 Å². The molecule has 5 nitrogen and oxygen atoms in total. The summed E-state index contributed by atoms with van der Waals surface area (Å²) in [6.45, 7) is 4.37. The smallest absolute Gasteiger partial charge is 0.352 e. The quantitative estimate of drug-likeness (QED) is 0.543. The van der Waals surface area contributed by atoms with Crippen LogP contribution in [-0.4, -0.2) is 19.1 Å². The van der Waals surface area contributed by atoms with E-state index in [0.29, 0.717) is 19.0 Å². The summed E-state index contributed by atoms with van der Waals surface area (Å²) in [6, 6.07) is 23.4. The van der Waals surface area contributed by atoms with Gasteiger partial charge in [0.2, 0.25) is 6.10 Å². The maximum atomic E-state index is 12.6. The molecule has 0 saturated heterocycles. The van der Waals surface area contributed by atoms with Crippen molar-refractivity contribution in [3.05, 3.63) is 95.1 Å². The van der Waals surface area contributed by atoms with E-state index in [9.17, 15) is 4.79 Å². The fourth-order valence-corrected chi connectivity index (χ4v) is 3.62. The Labute approximate surface area is 183 Å². The van der Waals surface area contributed by atoms with Gasteiger partial charge in [-0.05, 0) is 60.8 Å². The largest absolute Gasteiger partial charge is 0.489 e. The van der Waals surface area contributed by atoms with Crippen molar-refractivity contribution in [2.24, 2.45) is 0 Å². The van der Waals surface area contributed by atoms with Gasteiger partial charge in [0.15, 0.2) is 0 Å². The van der Waals surface area contributed by atoms with E-state index in [2.05, 4.69) is 11.4 Å². The molecule has 3 aromatic rings. The average Bonchev–Trinajstić information content (AvgIpc) is 2.82. The summed E-state index contributed by atoms with van der Waals surface area (Å²) in [4.78, 5) is 12.6. The normalized spacial score (nSPS) is 13.7. The van der Waals surface area contributed by atoms with Crippen molar-refractivity contribution < 1.29 is 19.0 Å². The lowest BCUT2D eigenvalue weighted by Gasteiger charge is -2.21. The second kappa shape index (κ2) is 10.1. The fourth-order valence-electron chi connectivity index (χ4n) is 3.62. The van der Waals surface area contributed by atoms with E-state index < -0.39 is 12.1 Å². The molecule has 0 radical (unpaired) electrons. The van der Waals surface area contributed by atoms with Gasteiger partial charge in [0, 0.05) is 12.1 Å². The van der Waals surface area contributed by atoms with Crippen LogP contribution in [0.2, 0.25) is 0 Å². The Balaban J connectivity index is 1.48. The molecule has 4 rings (SSSR count). The molecule has 3 aromatic carbocycles. The van der Waals surface area contributed by atoms with Crippen molar-refractivity contribution in [2.45, 2.75) is 32.6 Å². The monoisotopic (exact) mass is 417 g/mol. The Bertz CT molecular complexity index is 1000. The van der Waals surface area contributed by atoms with E-state index in [1.54, 1.807) is 6.92 Å². The molecule has 1 atom stereocenters. The van der Waals surface area contributed by atoms with E-state index >= 15 is 0 Å². The van der Waals surface area contributed by atoms with E-state index in [1.165, 1.54) is 11.1 Å². The highest BCUT2D eigenvalue weighted by molar-refractivity contribution is 5.77. The Morgan fingerprint density at radius 3 is 2.52 bits per heavy atom. The predicted molar refractivity (Wildman–Crippen MR) is 119 cm³/mol. The molecule has 0 spiro atoms. The zero-order valence-electron chi connectivity index (χ0n) is 17.7. The number of fused-ring (bicyclic) bond motifs is 1. The van der Waals surface area contributed by atoms with Crippen LogP contribution >= 0.6 is 0 Å². The van der Waals surface area contributed by atoms with E-state index in [0.717, 1.165) is 36.4 Å². The van der Waals surface area contributed by atoms with Crippen LogP contribution in [0.4, 0.5) is 0 Å². The molecular weight excluding hydrogens is 390 g/mol. The van der Waals surface area contributed by atoms with Crippen molar-refractivity contribution in [2.75, 3.05) is 13.2 Å². The third-order valence-electron chi connectivity index (χ3n) is 5.25. The SMILES string of the molecule is CCOC(=O)C(Oc1ccc2c(c1)CNCC2)c1ccc(OCc2ccccc2)cc1. The third-order valence-corrected chi connectivity index (χ3v) is 5.25. The maximum Gasteiger partial charge on any atom is 0.352 e. The molecule has 1 aliphatic heterocycles. The minimum Gasteiger partial charge on any atom is -0.489 e. The molecule has 5 heteroatoms. The van der Waals surface area contributed by atoms with Gasteiger partial charge >= 0.3 is 5.97 Å². The van der Waals surface area contributed by atoms with Crippen LogP contribution in [0, 0.1) is 0 Å². The van der Waals surface area contributed by atoms with E-state index in [4.69, 9.17) is 14.2 Å². The number of hydrogen-bond acceptors (Lipinski definition) is 5.